The van der Waals surface area contributed by atoms with Gasteiger partial charge in [0.05, 0.1) is 5.56 Å². The SMILES string of the molecule is N#Cc1cc(Br)cnc1N1CCC2CCC(C1)N2. The van der Waals surface area contributed by atoms with Crippen molar-refractivity contribution in [3.05, 3.63) is 22.3 Å². The summed E-state index contributed by atoms with van der Waals surface area (Å²) in [5.74, 6) is 0.829. The van der Waals surface area contributed by atoms with Gasteiger partial charge >= 0.3 is 0 Å². The number of rotatable bonds is 1. The topological polar surface area (TPSA) is 52.0 Å². The summed E-state index contributed by atoms with van der Waals surface area (Å²) in [5, 5.41) is 12.9. The largest absolute Gasteiger partial charge is 0.354 e. The molecule has 0 aliphatic carbocycles. The molecule has 2 atom stereocenters. The Morgan fingerprint density at radius 2 is 2.22 bits per heavy atom. The quantitative estimate of drug-likeness (QED) is 0.863. The number of halogens is 1. The minimum absolute atomic E-state index is 0.550. The summed E-state index contributed by atoms with van der Waals surface area (Å²) in [6.07, 6.45) is 5.43. The number of hydrogen-bond acceptors (Lipinski definition) is 4. The van der Waals surface area contributed by atoms with E-state index in [9.17, 15) is 5.26 Å². The molecule has 0 aromatic carbocycles. The Morgan fingerprint density at radius 3 is 3.06 bits per heavy atom. The highest BCUT2D eigenvalue weighted by Gasteiger charge is 2.30. The first-order chi connectivity index (χ1) is 8.76. The van der Waals surface area contributed by atoms with Crippen molar-refractivity contribution >= 4 is 21.7 Å². The fourth-order valence-corrected chi connectivity index (χ4v) is 3.23. The van der Waals surface area contributed by atoms with Gasteiger partial charge in [-0.1, -0.05) is 0 Å². The minimum Gasteiger partial charge on any atom is -0.354 e. The lowest BCUT2D eigenvalue weighted by Crippen LogP contribution is -2.36. The molecule has 0 amide bonds. The number of pyridine rings is 1. The molecule has 0 spiro atoms. The maximum Gasteiger partial charge on any atom is 0.146 e. The maximum absolute atomic E-state index is 9.22. The van der Waals surface area contributed by atoms with E-state index in [0.29, 0.717) is 17.6 Å². The summed E-state index contributed by atoms with van der Waals surface area (Å²) in [4.78, 5) is 6.68. The van der Waals surface area contributed by atoms with Crippen molar-refractivity contribution in [2.45, 2.75) is 31.3 Å². The van der Waals surface area contributed by atoms with Gasteiger partial charge in [-0.15, -0.1) is 0 Å². The van der Waals surface area contributed by atoms with E-state index in [-0.39, 0.29) is 0 Å². The minimum atomic E-state index is 0.550. The van der Waals surface area contributed by atoms with Crippen LogP contribution in [0.25, 0.3) is 0 Å². The molecule has 18 heavy (non-hydrogen) atoms. The molecule has 1 aromatic rings. The first-order valence-corrected chi connectivity index (χ1v) is 7.12. The molecule has 1 aromatic heterocycles. The number of nitrogens with one attached hydrogen (secondary N) is 1. The van der Waals surface area contributed by atoms with Gasteiger partial charge in [-0.2, -0.15) is 5.26 Å². The first kappa shape index (κ1) is 11.9. The summed E-state index contributed by atoms with van der Waals surface area (Å²) in [6.45, 7) is 1.94. The summed E-state index contributed by atoms with van der Waals surface area (Å²) >= 11 is 3.36. The van der Waals surface area contributed by atoms with E-state index in [1.807, 2.05) is 6.07 Å². The lowest BCUT2D eigenvalue weighted by atomic mass is 10.1. The number of nitriles is 1. The third-order valence-electron chi connectivity index (χ3n) is 3.78. The Hall–Kier alpha value is -1.12. The molecule has 3 heterocycles. The third kappa shape index (κ3) is 2.23. The zero-order chi connectivity index (χ0) is 12.5. The fraction of sp³-hybridized carbons (Fsp3) is 0.538. The molecule has 1 N–H and O–H groups in total. The molecule has 2 fully saturated rings. The Kier molecular flexibility index (Phi) is 3.23. The van der Waals surface area contributed by atoms with Crippen LogP contribution in [0.2, 0.25) is 0 Å². The van der Waals surface area contributed by atoms with Crippen molar-refractivity contribution in [2.75, 3.05) is 18.0 Å². The van der Waals surface area contributed by atoms with Crippen molar-refractivity contribution in [3.63, 3.8) is 0 Å². The molecule has 2 saturated heterocycles. The molecule has 0 saturated carbocycles. The van der Waals surface area contributed by atoms with Gasteiger partial charge in [-0.25, -0.2) is 4.98 Å². The van der Waals surface area contributed by atoms with E-state index in [4.69, 9.17) is 0 Å². The number of fused-ring (bicyclic) bond motifs is 2. The zero-order valence-corrected chi connectivity index (χ0v) is 11.7. The van der Waals surface area contributed by atoms with E-state index in [0.717, 1.165) is 29.8 Å². The molecule has 94 valence electrons. The highest BCUT2D eigenvalue weighted by molar-refractivity contribution is 9.10. The van der Waals surface area contributed by atoms with Gasteiger partial charge in [0, 0.05) is 35.8 Å². The van der Waals surface area contributed by atoms with E-state index < -0.39 is 0 Å². The number of aromatic nitrogens is 1. The molecule has 2 aliphatic heterocycles. The van der Waals surface area contributed by atoms with Crippen LogP contribution in [0.1, 0.15) is 24.8 Å². The van der Waals surface area contributed by atoms with Gasteiger partial charge in [0.25, 0.3) is 0 Å². The van der Waals surface area contributed by atoms with Crippen LogP contribution in [0, 0.1) is 11.3 Å². The summed E-state index contributed by atoms with van der Waals surface area (Å²) < 4.78 is 0.859. The maximum atomic E-state index is 9.22. The molecule has 2 bridgehead atoms. The van der Waals surface area contributed by atoms with Crippen molar-refractivity contribution in [2.24, 2.45) is 0 Å². The van der Waals surface area contributed by atoms with Crippen LogP contribution < -0.4 is 10.2 Å². The van der Waals surface area contributed by atoms with Crippen molar-refractivity contribution in [3.8, 4) is 6.07 Å². The lowest BCUT2D eigenvalue weighted by molar-refractivity contribution is 0.563. The van der Waals surface area contributed by atoms with E-state index in [1.54, 1.807) is 6.20 Å². The second-order valence-electron chi connectivity index (χ2n) is 5.01. The summed E-state index contributed by atoms with van der Waals surface area (Å²) in [6, 6.07) is 5.29. The fourth-order valence-electron chi connectivity index (χ4n) is 2.90. The van der Waals surface area contributed by atoms with Gasteiger partial charge < -0.3 is 10.2 Å². The monoisotopic (exact) mass is 306 g/mol. The molecule has 2 aliphatic rings. The van der Waals surface area contributed by atoms with Crippen molar-refractivity contribution in [1.29, 1.82) is 5.26 Å². The van der Waals surface area contributed by atoms with Crippen LogP contribution in [-0.2, 0) is 0 Å². The average Bonchev–Trinajstić information content (AvgIpc) is 2.70. The van der Waals surface area contributed by atoms with Crippen LogP contribution in [0.4, 0.5) is 5.82 Å². The average molecular weight is 307 g/mol. The molecule has 3 rings (SSSR count). The summed E-state index contributed by atoms with van der Waals surface area (Å²) in [5.41, 5.74) is 0.655. The van der Waals surface area contributed by atoms with Gasteiger partial charge in [0.15, 0.2) is 0 Å². The summed E-state index contributed by atoms with van der Waals surface area (Å²) in [7, 11) is 0. The Morgan fingerprint density at radius 1 is 1.39 bits per heavy atom. The van der Waals surface area contributed by atoms with Crippen LogP contribution in [0.3, 0.4) is 0 Å². The number of nitrogens with zero attached hydrogens (tertiary/aromatic N) is 3. The van der Waals surface area contributed by atoms with Crippen molar-refractivity contribution in [1.82, 2.24) is 10.3 Å². The zero-order valence-electron chi connectivity index (χ0n) is 10.1. The molecular formula is C13H15BrN4. The predicted molar refractivity (Wildman–Crippen MR) is 73.4 cm³/mol. The van der Waals surface area contributed by atoms with Crippen LogP contribution in [0.5, 0.6) is 0 Å². The van der Waals surface area contributed by atoms with Crippen molar-refractivity contribution < 1.29 is 0 Å². The van der Waals surface area contributed by atoms with E-state index in [1.165, 1.54) is 12.8 Å². The van der Waals surface area contributed by atoms with E-state index >= 15 is 0 Å². The smallest absolute Gasteiger partial charge is 0.146 e. The van der Waals surface area contributed by atoms with Gasteiger partial charge in [0.2, 0.25) is 0 Å². The predicted octanol–water partition coefficient (Wildman–Crippen LogP) is 2.05. The highest BCUT2D eigenvalue weighted by atomic mass is 79.9. The molecule has 2 unspecified atom stereocenters. The number of anilines is 1. The van der Waals surface area contributed by atoms with Crippen LogP contribution >= 0.6 is 15.9 Å². The molecule has 0 radical (unpaired) electrons. The normalized spacial score (nSPS) is 26.8. The second kappa shape index (κ2) is 4.87. The molecular weight excluding hydrogens is 292 g/mol. The second-order valence-corrected chi connectivity index (χ2v) is 5.92. The Labute approximate surface area is 115 Å². The Balaban J connectivity index is 1.88. The molecule has 5 heteroatoms. The van der Waals surface area contributed by atoms with E-state index in [2.05, 4.69) is 37.2 Å². The lowest BCUT2D eigenvalue weighted by Gasteiger charge is -2.26. The standard InChI is InChI=1S/C13H15BrN4/c14-10-5-9(6-15)13(16-7-10)18-4-3-11-1-2-12(8-18)17-11/h5,7,11-12,17H,1-4,8H2. The first-order valence-electron chi connectivity index (χ1n) is 6.33. The van der Waals surface area contributed by atoms with Gasteiger partial charge in [-0.3, -0.25) is 0 Å². The highest BCUT2D eigenvalue weighted by Crippen LogP contribution is 2.26. The van der Waals surface area contributed by atoms with Gasteiger partial charge in [-0.05, 0) is 41.3 Å². The third-order valence-corrected chi connectivity index (χ3v) is 4.21. The van der Waals surface area contributed by atoms with Crippen LogP contribution in [0.15, 0.2) is 16.7 Å². The molecule has 4 nitrogen and oxygen atoms in total. The Bertz CT molecular complexity index is 496. The van der Waals surface area contributed by atoms with Gasteiger partial charge in [0.1, 0.15) is 11.9 Å². The number of hydrogen-bond donors (Lipinski definition) is 1. The van der Waals surface area contributed by atoms with Crippen LogP contribution in [-0.4, -0.2) is 30.2 Å².